The zero-order valence-corrected chi connectivity index (χ0v) is 11.8. The summed E-state index contributed by atoms with van der Waals surface area (Å²) in [6.07, 6.45) is 5.43. The lowest BCUT2D eigenvalue weighted by atomic mass is 9.95. The van der Waals surface area contributed by atoms with Crippen molar-refractivity contribution in [2.75, 3.05) is 6.54 Å². The van der Waals surface area contributed by atoms with Crippen molar-refractivity contribution in [1.82, 2.24) is 10.2 Å². The second-order valence-electron chi connectivity index (χ2n) is 5.10. The van der Waals surface area contributed by atoms with Crippen molar-refractivity contribution < 1.29 is 9.59 Å². The average Bonchev–Trinajstić information content (AvgIpc) is 2.31. The van der Waals surface area contributed by atoms with E-state index in [1.165, 1.54) is 0 Å². The minimum Gasteiger partial charge on any atom is -0.342 e. The molecule has 1 aliphatic rings. The molecular weight excluding hydrogens is 228 g/mol. The van der Waals surface area contributed by atoms with E-state index in [-0.39, 0.29) is 29.8 Å². The molecule has 2 atom stereocenters. The maximum atomic E-state index is 12.4. The van der Waals surface area contributed by atoms with Gasteiger partial charge >= 0.3 is 0 Å². The molecule has 1 fully saturated rings. The van der Waals surface area contributed by atoms with Crippen LogP contribution in [0.25, 0.3) is 0 Å². The number of carbonyl (C=O) groups excluding carboxylic acids is 2. The third kappa shape index (κ3) is 3.12. The first-order valence-corrected chi connectivity index (χ1v) is 6.74. The first-order chi connectivity index (χ1) is 8.52. The predicted molar refractivity (Wildman–Crippen MR) is 72.0 cm³/mol. The van der Waals surface area contributed by atoms with Crippen molar-refractivity contribution in [2.24, 2.45) is 5.92 Å². The van der Waals surface area contributed by atoms with Crippen LogP contribution in [0.2, 0.25) is 0 Å². The Morgan fingerprint density at radius 1 is 1.39 bits per heavy atom. The molecule has 2 amide bonds. The average molecular weight is 252 g/mol. The molecule has 4 heteroatoms. The van der Waals surface area contributed by atoms with Gasteiger partial charge in [-0.25, -0.2) is 0 Å². The summed E-state index contributed by atoms with van der Waals surface area (Å²) in [7, 11) is 0. The van der Waals surface area contributed by atoms with Crippen molar-refractivity contribution >= 4 is 11.8 Å². The van der Waals surface area contributed by atoms with Crippen molar-refractivity contribution in [3.05, 3.63) is 12.2 Å². The van der Waals surface area contributed by atoms with E-state index >= 15 is 0 Å². The molecule has 1 heterocycles. The fraction of sp³-hybridized carbons (Fsp3) is 0.714. The molecule has 2 unspecified atom stereocenters. The number of hydrogen-bond donors (Lipinski definition) is 1. The van der Waals surface area contributed by atoms with Crippen molar-refractivity contribution in [2.45, 2.75) is 52.6 Å². The zero-order chi connectivity index (χ0) is 13.7. The molecule has 0 aromatic carbocycles. The van der Waals surface area contributed by atoms with Gasteiger partial charge in [-0.1, -0.05) is 39.3 Å². The van der Waals surface area contributed by atoms with Gasteiger partial charge in [0.15, 0.2) is 0 Å². The molecule has 1 rings (SSSR count). The minimum absolute atomic E-state index is 0.0208. The van der Waals surface area contributed by atoms with Crippen LogP contribution in [0.4, 0.5) is 0 Å². The highest BCUT2D eigenvalue weighted by molar-refractivity contribution is 5.97. The summed E-state index contributed by atoms with van der Waals surface area (Å²) in [4.78, 5) is 26.2. The third-order valence-electron chi connectivity index (χ3n) is 3.25. The summed E-state index contributed by atoms with van der Waals surface area (Å²) >= 11 is 0. The zero-order valence-electron chi connectivity index (χ0n) is 11.8. The lowest BCUT2D eigenvalue weighted by Gasteiger charge is -2.40. The van der Waals surface area contributed by atoms with Gasteiger partial charge in [-0.3, -0.25) is 9.59 Å². The molecular formula is C14H24N2O2. The van der Waals surface area contributed by atoms with Crippen LogP contribution in [0.1, 0.15) is 40.5 Å². The van der Waals surface area contributed by atoms with Crippen molar-refractivity contribution in [3.8, 4) is 0 Å². The van der Waals surface area contributed by atoms with E-state index in [9.17, 15) is 9.59 Å². The van der Waals surface area contributed by atoms with Crippen LogP contribution in [0.5, 0.6) is 0 Å². The van der Waals surface area contributed by atoms with Crippen LogP contribution in [-0.2, 0) is 9.59 Å². The number of allylic oxidation sites excluding steroid dienone is 1. The minimum atomic E-state index is -0.346. The molecule has 0 aliphatic carbocycles. The standard InChI is InChI=1S/C14H24N2O2/c1-5-7-9-16-12(10(3)4)13(17)15-11(8-6-2)14(16)18/h5,7,10-12H,6,8-9H2,1-4H3,(H,15,17)/b7-5+. The van der Waals surface area contributed by atoms with Gasteiger partial charge in [0.1, 0.15) is 12.1 Å². The Balaban J connectivity index is 2.92. The fourth-order valence-corrected chi connectivity index (χ4v) is 2.37. The highest BCUT2D eigenvalue weighted by atomic mass is 16.2. The van der Waals surface area contributed by atoms with Crippen LogP contribution < -0.4 is 5.32 Å². The molecule has 1 N–H and O–H groups in total. The third-order valence-corrected chi connectivity index (χ3v) is 3.25. The Kier molecular flexibility index (Phi) is 5.38. The Labute approximate surface area is 109 Å². The van der Waals surface area contributed by atoms with Gasteiger partial charge in [-0.15, -0.1) is 0 Å². The highest BCUT2D eigenvalue weighted by Gasteiger charge is 2.40. The van der Waals surface area contributed by atoms with E-state index in [1.807, 2.05) is 39.8 Å². The SMILES string of the molecule is C/C=C/CN1C(=O)C(CCC)NC(=O)C1C(C)C. The molecule has 4 nitrogen and oxygen atoms in total. The lowest BCUT2D eigenvalue weighted by molar-refractivity contribution is -0.150. The number of nitrogens with zero attached hydrogens (tertiary/aromatic N) is 1. The normalized spacial score (nSPS) is 25.1. The predicted octanol–water partition coefficient (Wildman–Crippen LogP) is 1.71. The molecule has 0 spiro atoms. The second-order valence-corrected chi connectivity index (χ2v) is 5.10. The van der Waals surface area contributed by atoms with E-state index in [1.54, 1.807) is 4.90 Å². The summed E-state index contributed by atoms with van der Waals surface area (Å²) in [5, 5.41) is 2.85. The highest BCUT2D eigenvalue weighted by Crippen LogP contribution is 2.19. The molecule has 0 aromatic heterocycles. The summed E-state index contributed by atoms with van der Waals surface area (Å²) in [5.74, 6) is 0.155. The van der Waals surface area contributed by atoms with Gasteiger partial charge in [0.25, 0.3) is 0 Å². The van der Waals surface area contributed by atoms with Crippen LogP contribution in [-0.4, -0.2) is 35.3 Å². The number of rotatable bonds is 5. The van der Waals surface area contributed by atoms with E-state index in [2.05, 4.69) is 5.32 Å². The molecule has 1 aliphatic heterocycles. The molecule has 102 valence electrons. The number of piperazine rings is 1. The Hall–Kier alpha value is -1.32. The first kappa shape index (κ1) is 14.7. The summed E-state index contributed by atoms with van der Waals surface area (Å²) in [5.41, 5.74) is 0. The summed E-state index contributed by atoms with van der Waals surface area (Å²) < 4.78 is 0. The smallest absolute Gasteiger partial charge is 0.246 e. The van der Waals surface area contributed by atoms with Crippen LogP contribution in [0.15, 0.2) is 12.2 Å². The van der Waals surface area contributed by atoms with Gasteiger partial charge < -0.3 is 10.2 Å². The number of carbonyl (C=O) groups is 2. The molecule has 0 aromatic rings. The molecule has 0 saturated carbocycles. The first-order valence-electron chi connectivity index (χ1n) is 6.74. The molecule has 0 bridgehead atoms. The maximum Gasteiger partial charge on any atom is 0.246 e. The van der Waals surface area contributed by atoms with E-state index in [0.717, 1.165) is 6.42 Å². The van der Waals surface area contributed by atoms with Gasteiger partial charge in [0, 0.05) is 6.54 Å². The van der Waals surface area contributed by atoms with Gasteiger partial charge in [-0.2, -0.15) is 0 Å². The number of nitrogens with one attached hydrogen (secondary N) is 1. The maximum absolute atomic E-state index is 12.4. The van der Waals surface area contributed by atoms with Crippen molar-refractivity contribution in [1.29, 1.82) is 0 Å². The van der Waals surface area contributed by atoms with Gasteiger partial charge in [0.05, 0.1) is 0 Å². The van der Waals surface area contributed by atoms with E-state index < -0.39 is 0 Å². The Bertz CT molecular complexity index is 337. The Morgan fingerprint density at radius 2 is 2.06 bits per heavy atom. The number of amides is 2. The quantitative estimate of drug-likeness (QED) is 0.757. The second kappa shape index (κ2) is 6.57. The van der Waals surface area contributed by atoms with E-state index in [4.69, 9.17) is 0 Å². The molecule has 1 saturated heterocycles. The van der Waals surface area contributed by atoms with Gasteiger partial charge in [0.2, 0.25) is 11.8 Å². The number of hydrogen-bond acceptors (Lipinski definition) is 2. The fourth-order valence-electron chi connectivity index (χ4n) is 2.37. The van der Waals surface area contributed by atoms with Crippen LogP contribution >= 0.6 is 0 Å². The molecule has 0 radical (unpaired) electrons. The van der Waals surface area contributed by atoms with Crippen LogP contribution in [0, 0.1) is 5.92 Å². The van der Waals surface area contributed by atoms with Crippen LogP contribution in [0.3, 0.4) is 0 Å². The lowest BCUT2D eigenvalue weighted by Crippen LogP contribution is -2.64. The summed E-state index contributed by atoms with van der Waals surface area (Å²) in [6.45, 7) is 8.40. The van der Waals surface area contributed by atoms with Gasteiger partial charge in [-0.05, 0) is 19.3 Å². The topological polar surface area (TPSA) is 49.4 Å². The van der Waals surface area contributed by atoms with E-state index in [0.29, 0.717) is 13.0 Å². The summed E-state index contributed by atoms with van der Waals surface area (Å²) in [6, 6.07) is -0.690. The monoisotopic (exact) mass is 252 g/mol. The largest absolute Gasteiger partial charge is 0.342 e. The van der Waals surface area contributed by atoms with Crippen molar-refractivity contribution in [3.63, 3.8) is 0 Å². The molecule has 18 heavy (non-hydrogen) atoms. The Morgan fingerprint density at radius 3 is 2.56 bits per heavy atom.